The largest absolute Gasteiger partial charge is 0.476 e. The Balaban J connectivity index is 2.57. The lowest BCUT2D eigenvalue weighted by molar-refractivity contribution is 0.0692. The minimum absolute atomic E-state index is 0.128. The van der Waals surface area contributed by atoms with Gasteiger partial charge in [0.1, 0.15) is 10.0 Å². The van der Waals surface area contributed by atoms with Gasteiger partial charge in [0, 0.05) is 15.1 Å². The Morgan fingerprint density at radius 3 is 2.82 bits per heavy atom. The normalized spacial score (nSPS) is 10.5. The molecule has 7 heteroatoms. The minimum Gasteiger partial charge on any atom is -0.476 e. The molecule has 1 aromatic heterocycles. The second kappa shape index (κ2) is 4.64. The molecule has 3 N–H and O–H groups in total. The van der Waals surface area contributed by atoms with E-state index in [9.17, 15) is 4.79 Å². The molecule has 1 aromatic carbocycles. The molecule has 0 aliphatic carbocycles. The van der Waals surface area contributed by atoms with E-state index in [4.69, 9.17) is 22.4 Å². The zero-order valence-corrected chi connectivity index (χ0v) is 11.4. The molecule has 0 spiro atoms. The van der Waals surface area contributed by atoms with Gasteiger partial charge in [0.25, 0.3) is 0 Å². The van der Waals surface area contributed by atoms with Gasteiger partial charge < -0.3 is 10.8 Å². The van der Waals surface area contributed by atoms with Crippen molar-refractivity contribution in [1.82, 2.24) is 4.98 Å². The highest BCUT2D eigenvalue weighted by Gasteiger charge is 2.17. The van der Waals surface area contributed by atoms with Crippen LogP contribution in [-0.4, -0.2) is 16.1 Å². The van der Waals surface area contributed by atoms with E-state index in [-0.39, 0.29) is 10.7 Å². The molecule has 0 atom stereocenters. The summed E-state index contributed by atoms with van der Waals surface area (Å²) < 4.78 is 0.785. The first-order valence-electron chi connectivity index (χ1n) is 4.44. The second-order valence-electron chi connectivity index (χ2n) is 3.16. The van der Waals surface area contributed by atoms with Crippen LogP contribution >= 0.6 is 38.9 Å². The summed E-state index contributed by atoms with van der Waals surface area (Å²) in [7, 11) is 0. The average molecular weight is 334 g/mol. The smallest absolute Gasteiger partial charge is 0.357 e. The zero-order valence-electron chi connectivity index (χ0n) is 8.28. The summed E-state index contributed by atoms with van der Waals surface area (Å²) in [5, 5.41) is 10.1. The Morgan fingerprint density at radius 2 is 2.24 bits per heavy atom. The summed E-state index contributed by atoms with van der Waals surface area (Å²) in [5.41, 5.74) is 6.19. The first-order chi connectivity index (χ1) is 7.99. The standard InChI is InChI=1S/C10H6BrClN2O2S/c11-6-2-1-4(12)3-5(6)9-14-7(10(15)16)8(13)17-9/h1-3H,13H2,(H,15,16). The van der Waals surface area contributed by atoms with Crippen molar-refractivity contribution in [2.75, 3.05) is 5.73 Å². The fraction of sp³-hybridized carbons (Fsp3) is 0. The Hall–Kier alpha value is -1.11. The minimum atomic E-state index is -1.14. The molecule has 0 aliphatic heterocycles. The lowest BCUT2D eigenvalue weighted by atomic mass is 10.2. The number of carbonyl (C=O) groups is 1. The highest BCUT2D eigenvalue weighted by atomic mass is 79.9. The van der Waals surface area contributed by atoms with Crippen molar-refractivity contribution >= 4 is 49.8 Å². The number of nitrogens with zero attached hydrogens (tertiary/aromatic N) is 1. The van der Waals surface area contributed by atoms with Gasteiger partial charge in [-0.2, -0.15) is 0 Å². The van der Waals surface area contributed by atoms with Crippen molar-refractivity contribution in [2.24, 2.45) is 0 Å². The monoisotopic (exact) mass is 332 g/mol. The van der Waals surface area contributed by atoms with E-state index in [0.717, 1.165) is 21.4 Å². The maximum absolute atomic E-state index is 10.8. The number of hydrogen-bond acceptors (Lipinski definition) is 4. The van der Waals surface area contributed by atoms with E-state index in [1.807, 2.05) is 0 Å². The predicted molar refractivity (Wildman–Crippen MR) is 71.6 cm³/mol. The van der Waals surface area contributed by atoms with Crippen molar-refractivity contribution in [2.45, 2.75) is 0 Å². The number of anilines is 1. The number of aromatic nitrogens is 1. The van der Waals surface area contributed by atoms with Crippen LogP contribution in [0.25, 0.3) is 10.6 Å². The number of nitrogen functional groups attached to an aromatic ring is 1. The highest BCUT2D eigenvalue weighted by molar-refractivity contribution is 9.10. The quantitative estimate of drug-likeness (QED) is 0.882. The van der Waals surface area contributed by atoms with Gasteiger partial charge in [-0.05, 0) is 18.2 Å². The van der Waals surface area contributed by atoms with Gasteiger partial charge >= 0.3 is 5.97 Å². The predicted octanol–water partition coefficient (Wildman–Crippen LogP) is 3.51. The first kappa shape index (κ1) is 12.3. The van der Waals surface area contributed by atoms with Crippen molar-refractivity contribution in [3.8, 4) is 10.6 Å². The number of halogens is 2. The first-order valence-corrected chi connectivity index (χ1v) is 6.43. The molecule has 0 unspecified atom stereocenters. The maximum atomic E-state index is 10.8. The van der Waals surface area contributed by atoms with Crippen molar-refractivity contribution in [3.05, 3.63) is 33.4 Å². The molecule has 2 aromatic rings. The molecular formula is C10H6BrClN2O2S. The Labute approximate surface area is 114 Å². The van der Waals surface area contributed by atoms with Gasteiger partial charge in [0.2, 0.25) is 0 Å². The third kappa shape index (κ3) is 2.43. The number of thiazole rings is 1. The molecule has 0 bridgehead atoms. The Bertz CT molecular complexity index is 600. The van der Waals surface area contributed by atoms with Crippen molar-refractivity contribution < 1.29 is 9.90 Å². The lowest BCUT2D eigenvalue weighted by Gasteiger charge is -2.00. The SMILES string of the molecule is Nc1sc(-c2cc(Cl)ccc2Br)nc1C(=O)O. The summed E-state index contributed by atoms with van der Waals surface area (Å²) in [4.78, 5) is 14.8. The van der Waals surface area contributed by atoms with Crippen LogP contribution in [0.3, 0.4) is 0 Å². The molecule has 0 saturated carbocycles. The van der Waals surface area contributed by atoms with Crippen LogP contribution in [0.1, 0.15) is 10.5 Å². The van der Waals surface area contributed by atoms with Crippen molar-refractivity contribution in [1.29, 1.82) is 0 Å². The van der Waals surface area contributed by atoms with Crippen LogP contribution in [-0.2, 0) is 0 Å². The van der Waals surface area contributed by atoms with Crippen LogP contribution in [0.5, 0.6) is 0 Å². The number of rotatable bonds is 2. The van der Waals surface area contributed by atoms with E-state index in [0.29, 0.717) is 10.0 Å². The third-order valence-electron chi connectivity index (χ3n) is 2.01. The molecule has 88 valence electrons. The van der Waals surface area contributed by atoms with Crippen LogP contribution in [0.2, 0.25) is 5.02 Å². The second-order valence-corrected chi connectivity index (χ2v) is 5.48. The van der Waals surface area contributed by atoms with Gasteiger partial charge in [0.05, 0.1) is 0 Å². The van der Waals surface area contributed by atoms with E-state index in [1.165, 1.54) is 0 Å². The summed E-state index contributed by atoms with van der Waals surface area (Å²) in [5.74, 6) is -1.14. The van der Waals surface area contributed by atoms with Gasteiger partial charge in [-0.1, -0.05) is 38.9 Å². The zero-order chi connectivity index (χ0) is 12.6. The van der Waals surface area contributed by atoms with E-state index < -0.39 is 5.97 Å². The lowest BCUT2D eigenvalue weighted by Crippen LogP contribution is -2.00. The fourth-order valence-electron chi connectivity index (χ4n) is 1.26. The molecule has 1 heterocycles. The topological polar surface area (TPSA) is 76.2 Å². The Morgan fingerprint density at radius 1 is 1.53 bits per heavy atom. The number of benzene rings is 1. The molecule has 0 aliphatic rings. The summed E-state index contributed by atoms with van der Waals surface area (Å²) >= 11 is 10.4. The van der Waals surface area contributed by atoms with Crippen LogP contribution < -0.4 is 5.73 Å². The molecule has 0 fully saturated rings. The molecule has 17 heavy (non-hydrogen) atoms. The molecule has 0 amide bonds. The van der Waals surface area contributed by atoms with Crippen LogP contribution in [0, 0.1) is 0 Å². The summed E-state index contributed by atoms with van der Waals surface area (Å²) in [6, 6.07) is 5.20. The van der Waals surface area contributed by atoms with Gasteiger partial charge in [-0.3, -0.25) is 0 Å². The van der Waals surface area contributed by atoms with Crippen LogP contribution in [0.4, 0.5) is 5.00 Å². The van der Waals surface area contributed by atoms with Gasteiger partial charge in [0.15, 0.2) is 5.69 Å². The van der Waals surface area contributed by atoms with Crippen LogP contribution in [0.15, 0.2) is 22.7 Å². The number of carboxylic acids is 1. The summed E-state index contributed by atoms with van der Waals surface area (Å²) in [6.45, 7) is 0. The van der Waals surface area contributed by atoms with E-state index in [1.54, 1.807) is 18.2 Å². The number of carboxylic acid groups (broad SMARTS) is 1. The molecule has 0 radical (unpaired) electrons. The summed E-state index contributed by atoms with van der Waals surface area (Å²) in [6.07, 6.45) is 0. The molecule has 4 nitrogen and oxygen atoms in total. The highest BCUT2D eigenvalue weighted by Crippen LogP contribution is 2.35. The number of hydrogen-bond donors (Lipinski definition) is 2. The number of aromatic carboxylic acids is 1. The molecule has 2 rings (SSSR count). The van der Waals surface area contributed by atoms with Crippen molar-refractivity contribution in [3.63, 3.8) is 0 Å². The fourth-order valence-corrected chi connectivity index (χ4v) is 2.85. The Kier molecular flexibility index (Phi) is 3.37. The average Bonchev–Trinajstić information content (AvgIpc) is 2.64. The van der Waals surface area contributed by atoms with E-state index in [2.05, 4.69) is 20.9 Å². The van der Waals surface area contributed by atoms with Gasteiger partial charge in [-0.25, -0.2) is 9.78 Å². The van der Waals surface area contributed by atoms with E-state index >= 15 is 0 Å². The number of nitrogens with two attached hydrogens (primary N) is 1. The molecular weight excluding hydrogens is 328 g/mol. The van der Waals surface area contributed by atoms with Gasteiger partial charge in [-0.15, -0.1) is 0 Å². The molecule has 0 saturated heterocycles. The maximum Gasteiger partial charge on any atom is 0.357 e. The third-order valence-corrected chi connectivity index (χ3v) is 3.86.